The molecule has 174 valence electrons. The van der Waals surface area contributed by atoms with Gasteiger partial charge in [-0.25, -0.2) is 0 Å². The Balaban J connectivity index is 1.60. The van der Waals surface area contributed by atoms with Crippen molar-refractivity contribution in [2.45, 2.75) is 50.9 Å². The average Bonchev–Trinajstić information content (AvgIpc) is 3.25. The number of nitrogens with one attached hydrogen (secondary N) is 1. The van der Waals surface area contributed by atoms with Crippen molar-refractivity contribution in [1.82, 2.24) is 15.1 Å². The lowest BCUT2D eigenvalue weighted by atomic mass is 9.92. The molecule has 1 aliphatic heterocycles. The minimum atomic E-state index is -1.02. The Morgan fingerprint density at radius 2 is 1.52 bits per heavy atom. The summed E-state index contributed by atoms with van der Waals surface area (Å²) in [6.07, 6.45) is 2.24. The van der Waals surface area contributed by atoms with Gasteiger partial charge in [-0.2, -0.15) is 0 Å². The lowest BCUT2D eigenvalue weighted by Crippen LogP contribution is -2.56. The summed E-state index contributed by atoms with van der Waals surface area (Å²) in [4.78, 5) is 43.1. The zero-order chi connectivity index (χ0) is 23.5. The second kappa shape index (κ2) is 9.93. The van der Waals surface area contributed by atoms with E-state index in [0.29, 0.717) is 16.1 Å². The maximum absolute atomic E-state index is 13.5. The monoisotopic (exact) mass is 468 g/mol. The van der Waals surface area contributed by atoms with E-state index in [-0.39, 0.29) is 42.9 Å². The molecule has 4 rings (SSSR count). The lowest BCUT2D eigenvalue weighted by molar-refractivity contribution is -0.129. The number of halogens is 1. The largest absolute Gasteiger partial charge is 0.350 e. The van der Waals surface area contributed by atoms with Crippen molar-refractivity contribution in [2.24, 2.45) is 5.73 Å². The predicted octanol–water partition coefficient (Wildman–Crippen LogP) is 2.96. The summed E-state index contributed by atoms with van der Waals surface area (Å²) in [6, 6.07) is 13.9. The van der Waals surface area contributed by atoms with Crippen molar-refractivity contribution in [3.8, 4) is 0 Å². The summed E-state index contributed by atoms with van der Waals surface area (Å²) < 4.78 is 0. The van der Waals surface area contributed by atoms with Crippen LogP contribution in [-0.4, -0.2) is 58.9 Å². The third-order valence-corrected chi connectivity index (χ3v) is 6.65. The van der Waals surface area contributed by atoms with E-state index >= 15 is 0 Å². The summed E-state index contributed by atoms with van der Waals surface area (Å²) in [5.41, 5.74) is 7.87. The van der Waals surface area contributed by atoms with Crippen LogP contribution in [0.5, 0.6) is 0 Å². The second-order valence-electron chi connectivity index (χ2n) is 8.87. The Labute approximate surface area is 198 Å². The Morgan fingerprint density at radius 1 is 0.909 bits per heavy atom. The number of hydrogen-bond acceptors (Lipinski definition) is 4. The Hall–Kier alpha value is -2.90. The van der Waals surface area contributed by atoms with Gasteiger partial charge in [-0.1, -0.05) is 29.3 Å². The number of rotatable bonds is 4. The van der Waals surface area contributed by atoms with Crippen LogP contribution in [0.4, 0.5) is 0 Å². The fourth-order valence-corrected chi connectivity index (χ4v) is 4.70. The van der Waals surface area contributed by atoms with Gasteiger partial charge in [0.2, 0.25) is 0 Å². The number of nitrogens with two attached hydrogens (primary N) is 1. The minimum absolute atomic E-state index is 0.0127. The second-order valence-corrected chi connectivity index (χ2v) is 9.30. The van der Waals surface area contributed by atoms with E-state index in [9.17, 15) is 14.4 Å². The molecule has 2 aromatic rings. The normalized spacial score (nSPS) is 22.8. The minimum Gasteiger partial charge on any atom is -0.350 e. The highest BCUT2D eigenvalue weighted by Crippen LogP contribution is 2.24. The van der Waals surface area contributed by atoms with Gasteiger partial charge in [-0.15, -0.1) is 0 Å². The lowest BCUT2D eigenvalue weighted by Gasteiger charge is -2.33. The molecular weight excluding hydrogens is 440 g/mol. The number of aryl methyl sites for hydroxylation is 1. The zero-order valence-electron chi connectivity index (χ0n) is 18.7. The number of carbonyl (C=O) groups excluding carboxylic acids is 3. The van der Waals surface area contributed by atoms with Crippen LogP contribution in [0.1, 0.15) is 52.0 Å². The molecule has 3 N–H and O–H groups in total. The summed E-state index contributed by atoms with van der Waals surface area (Å²) in [6.45, 7) is 2.46. The van der Waals surface area contributed by atoms with Crippen LogP contribution in [-0.2, 0) is 4.79 Å². The highest BCUT2D eigenvalue weighted by atomic mass is 35.5. The van der Waals surface area contributed by atoms with Crippen molar-refractivity contribution in [3.05, 3.63) is 70.2 Å². The van der Waals surface area contributed by atoms with Crippen molar-refractivity contribution in [2.75, 3.05) is 13.1 Å². The molecule has 2 fully saturated rings. The summed E-state index contributed by atoms with van der Waals surface area (Å²) in [5.74, 6) is -0.913. The van der Waals surface area contributed by atoms with Crippen molar-refractivity contribution in [3.63, 3.8) is 0 Å². The number of hydrogen-bond donors (Lipinski definition) is 2. The van der Waals surface area contributed by atoms with Gasteiger partial charge in [0.25, 0.3) is 17.7 Å². The molecule has 1 saturated heterocycles. The summed E-state index contributed by atoms with van der Waals surface area (Å²) in [5, 5.41) is 3.59. The summed E-state index contributed by atoms with van der Waals surface area (Å²) in [7, 11) is 0. The van der Waals surface area contributed by atoms with Gasteiger partial charge in [0.1, 0.15) is 0 Å². The zero-order valence-corrected chi connectivity index (χ0v) is 19.4. The molecule has 0 radical (unpaired) electrons. The maximum Gasteiger partial charge on any atom is 0.264 e. The van der Waals surface area contributed by atoms with Crippen LogP contribution in [0.3, 0.4) is 0 Å². The SMILES string of the molecule is Cc1cccc(C(=O)N2CCN(C(=O)c3ccc(Cl)cc3)C2C(=O)NC2CCC(N)CC2)c1. The first-order chi connectivity index (χ1) is 15.8. The molecule has 1 unspecified atom stereocenters. The molecule has 0 bridgehead atoms. The fraction of sp³-hybridized carbons (Fsp3) is 0.400. The van der Waals surface area contributed by atoms with E-state index < -0.39 is 6.17 Å². The van der Waals surface area contributed by atoms with Crippen LogP contribution < -0.4 is 11.1 Å². The molecular formula is C25H29ClN4O3. The first kappa shape index (κ1) is 23.3. The maximum atomic E-state index is 13.5. The molecule has 3 amide bonds. The quantitative estimate of drug-likeness (QED) is 0.721. The molecule has 1 atom stereocenters. The molecule has 1 heterocycles. The molecule has 33 heavy (non-hydrogen) atoms. The van der Waals surface area contributed by atoms with Crippen LogP contribution >= 0.6 is 11.6 Å². The van der Waals surface area contributed by atoms with Gasteiger partial charge in [0.15, 0.2) is 6.17 Å². The predicted molar refractivity (Wildman–Crippen MR) is 127 cm³/mol. The van der Waals surface area contributed by atoms with E-state index in [2.05, 4.69) is 5.32 Å². The van der Waals surface area contributed by atoms with Crippen LogP contribution in [0.25, 0.3) is 0 Å². The third kappa shape index (κ3) is 5.20. The highest BCUT2D eigenvalue weighted by Gasteiger charge is 2.43. The first-order valence-corrected chi connectivity index (χ1v) is 11.7. The first-order valence-electron chi connectivity index (χ1n) is 11.3. The average molecular weight is 469 g/mol. The molecule has 2 aromatic carbocycles. The van der Waals surface area contributed by atoms with Gasteiger partial charge in [0.05, 0.1) is 0 Å². The van der Waals surface area contributed by atoms with Crippen LogP contribution in [0.2, 0.25) is 5.02 Å². The van der Waals surface area contributed by atoms with Crippen LogP contribution in [0.15, 0.2) is 48.5 Å². The molecule has 7 nitrogen and oxygen atoms in total. The number of amides is 3. The number of benzene rings is 2. The van der Waals surface area contributed by atoms with Crippen molar-refractivity contribution in [1.29, 1.82) is 0 Å². The number of nitrogens with zero attached hydrogens (tertiary/aromatic N) is 2. The molecule has 0 spiro atoms. The van der Waals surface area contributed by atoms with E-state index in [0.717, 1.165) is 31.2 Å². The van der Waals surface area contributed by atoms with E-state index in [4.69, 9.17) is 17.3 Å². The summed E-state index contributed by atoms with van der Waals surface area (Å²) >= 11 is 5.97. The Bertz CT molecular complexity index is 1030. The van der Waals surface area contributed by atoms with Gasteiger partial charge >= 0.3 is 0 Å². The smallest absolute Gasteiger partial charge is 0.264 e. The van der Waals surface area contributed by atoms with Crippen molar-refractivity contribution >= 4 is 29.3 Å². The Morgan fingerprint density at radius 3 is 2.12 bits per heavy atom. The topological polar surface area (TPSA) is 95.7 Å². The number of carbonyl (C=O) groups is 3. The molecule has 1 aliphatic carbocycles. The molecule has 8 heteroatoms. The fourth-order valence-electron chi connectivity index (χ4n) is 4.58. The highest BCUT2D eigenvalue weighted by molar-refractivity contribution is 6.30. The van der Waals surface area contributed by atoms with E-state index in [1.807, 2.05) is 19.1 Å². The van der Waals surface area contributed by atoms with Crippen LogP contribution in [0, 0.1) is 6.92 Å². The van der Waals surface area contributed by atoms with Gasteiger partial charge in [0, 0.05) is 41.3 Å². The van der Waals surface area contributed by atoms with Crippen molar-refractivity contribution < 1.29 is 14.4 Å². The van der Waals surface area contributed by atoms with Gasteiger partial charge in [-0.05, 0) is 69.0 Å². The van der Waals surface area contributed by atoms with E-state index in [1.54, 1.807) is 36.4 Å². The van der Waals surface area contributed by atoms with Gasteiger partial charge in [-0.3, -0.25) is 14.4 Å². The van der Waals surface area contributed by atoms with E-state index in [1.165, 1.54) is 9.80 Å². The third-order valence-electron chi connectivity index (χ3n) is 6.40. The Kier molecular flexibility index (Phi) is 7.00. The molecule has 0 aromatic heterocycles. The van der Waals surface area contributed by atoms with Gasteiger partial charge < -0.3 is 20.9 Å². The standard InChI is InChI=1S/C25H29ClN4O3/c1-16-3-2-4-18(15-16)25(33)30-14-13-29(24(32)17-5-7-19(26)8-6-17)23(30)22(31)28-21-11-9-20(27)10-12-21/h2-8,15,20-21,23H,9-14,27H2,1H3,(H,28,31). The molecule has 2 aliphatic rings. The molecule has 1 saturated carbocycles.